The van der Waals surface area contributed by atoms with Crippen LogP contribution in [0.3, 0.4) is 0 Å². The SMILES string of the molecule is O=C(/C=C/c1ccc(F)cc1)NC1CCCCC1C(=O)N1CCC2C(c3ncc[nH]3)Nc3ccccc3C21. The van der Waals surface area contributed by atoms with Crippen molar-refractivity contribution < 1.29 is 14.0 Å². The quantitative estimate of drug-likeness (QED) is 0.419. The van der Waals surface area contributed by atoms with Crippen molar-refractivity contribution >= 4 is 23.6 Å². The number of aromatic amines is 1. The number of halogens is 1. The third-order valence-electron chi connectivity index (χ3n) is 8.27. The van der Waals surface area contributed by atoms with Crippen LogP contribution in [0.5, 0.6) is 0 Å². The Labute approximate surface area is 221 Å². The summed E-state index contributed by atoms with van der Waals surface area (Å²) in [5.74, 6) is 0.416. The number of nitrogens with one attached hydrogen (secondary N) is 3. The maximum atomic E-state index is 14.1. The van der Waals surface area contributed by atoms with Gasteiger partial charge < -0.3 is 20.5 Å². The molecule has 196 valence electrons. The smallest absolute Gasteiger partial charge is 0.244 e. The second kappa shape index (κ2) is 10.4. The van der Waals surface area contributed by atoms with Gasteiger partial charge in [-0.25, -0.2) is 9.37 Å². The molecule has 2 aliphatic heterocycles. The third-order valence-corrected chi connectivity index (χ3v) is 8.27. The Bertz CT molecular complexity index is 1320. The number of likely N-dealkylation sites (tertiary alicyclic amines) is 1. The van der Waals surface area contributed by atoms with E-state index in [1.807, 2.05) is 18.3 Å². The zero-order valence-corrected chi connectivity index (χ0v) is 21.1. The van der Waals surface area contributed by atoms with Crippen LogP contribution < -0.4 is 10.6 Å². The Morgan fingerprint density at radius 1 is 1.05 bits per heavy atom. The van der Waals surface area contributed by atoms with E-state index < -0.39 is 0 Å². The van der Waals surface area contributed by atoms with Crippen LogP contribution in [-0.4, -0.2) is 39.3 Å². The van der Waals surface area contributed by atoms with E-state index in [4.69, 9.17) is 0 Å². The first-order chi connectivity index (χ1) is 18.6. The number of hydrogen-bond donors (Lipinski definition) is 3. The van der Waals surface area contributed by atoms with Gasteiger partial charge in [-0.05, 0) is 54.7 Å². The first-order valence-electron chi connectivity index (χ1n) is 13.5. The summed E-state index contributed by atoms with van der Waals surface area (Å²) in [7, 11) is 0. The molecule has 5 atom stereocenters. The number of aromatic nitrogens is 2. The molecule has 8 heteroatoms. The molecule has 3 aliphatic rings. The van der Waals surface area contributed by atoms with E-state index >= 15 is 0 Å². The molecule has 2 amide bonds. The molecule has 2 aromatic carbocycles. The molecule has 2 fully saturated rings. The van der Waals surface area contributed by atoms with Crippen LogP contribution >= 0.6 is 0 Å². The summed E-state index contributed by atoms with van der Waals surface area (Å²) in [6.07, 6.45) is 11.1. The number of carbonyl (C=O) groups is 2. The van der Waals surface area contributed by atoms with Crippen LogP contribution in [0.1, 0.15) is 61.1 Å². The largest absolute Gasteiger partial charge is 0.375 e. The number of nitrogens with zero attached hydrogens (tertiary/aromatic N) is 2. The molecule has 38 heavy (non-hydrogen) atoms. The van der Waals surface area contributed by atoms with Crippen LogP contribution in [0.4, 0.5) is 10.1 Å². The van der Waals surface area contributed by atoms with E-state index in [1.165, 1.54) is 18.2 Å². The Hall–Kier alpha value is -3.94. The lowest BCUT2D eigenvalue weighted by Crippen LogP contribution is -2.49. The topological polar surface area (TPSA) is 90.1 Å². The average Bonchev–Trinajstić information content (AvgIpc) is 3.63. The van der Waals surface area contributed by atoms with Crippen LogP contribution in [0, 0.1) is 17.7 Å². The number of fused-ring (bicyclic) bond motifs is 3. The molecule has 7 nitrogen and oxygen atoms in total. The van der Waals surface area contributed by atoms with Crippen molar-refractivity contribution in [3.05, 3.63) is 89.8 Å². The minimum Gasteiger partial charge on any atom is -0.375 e. The molecule has 3 N–H and O–H groups in total. The van der Waals surface area contributed by atoms with Gasteiger partial charge in [-0.2, -0.15) is 0 Å². The van der Waals surface area contributed by atoms with Gasteiger partial charge in [-0.1, -0.05) is 43.2 Å². The number of rotatable bonds is 5. The fourth-order valence-electron chi connectivity index (χ4n) is 6.48. The van der Waals surface area contributed by atoms with Crippen molar-refractivity contribution in [1.29, 1.82) is 0 Å². The van der Waals surface area contributed by atoms with E-state index in [-0.39, 0.29) is 47.6 Å². The van der Waals surface area contributed by atoms with Crippen LogP contribution in [0.2, 0.25) is 0 Å². The number of H-pyrrole nitrogens is 1. The van der Waals surface area contributed by atoms with Gasteiger partial charge in [0.05, 0.1) is 18.0 Å². The van der Waals surface area contributed by atoms with Gasteiger partial charge in [0.25, 0.3) is 0 Å². The van der Waals surface area contributed by atoms with E-state index in [0.717, 1.165) is 54.7 Å². The molecular formula is C30H32FN5O2. The van der Waals surface area contributed by atoms with Crippen LogP contribution in [-0.2, 0) is 9.59 Å². The van der Waals surface area contributed by atoms with E-state index in [0.29, 0.717) is 6.54 Å². The summed E-state index contributed by atoms with van der Waals surface area (Å²) >= 11 is 0. The second-order valence-corrected chi connectivity index (χ2v) is 10.5. The number of hydrogen-bond acceptors (Lipinski definition) is 4. The number of carbonyl (C=O) groups excluding carboxylic acids is 2. The zero-order valence-electron chi connectivity index (χ0n) is 21.1. The van der Waals surface area contributed by atoms with E-state index in [1.54, 1.807) is 24.4 Å². The van der Waals surface area contributed by atoms with Gasteiger partial charge in [0.1, 0.15) is 11.6 Å². The average molecular weight is 514 g/mol. The van der Waals surface area contributed by atoms with Gasteiger partial charge in [0.2, 0.25) is 11.8 Å². The third kappa shape index (κ3) is 4.71. The summed E-state index contributed by atoms with van der Waals surface area (Å²) in [5, 5.41) is 6.76. The highest BCUT2D eigenvalue weighted by molar-refractivity contribution is 5.92. The van der Waals surface area contributed by atoms with Crippen LogP contribution in [0.25, 0.3) is 6.08 Å². The van der Waals surface area contributed by atoms with Crippen molar-refractivity contribution in [3.8, 4) is 0 Å². The lowest BCUT2D eigenvalue weighted by molar-refractivity contribution is -0.139. The monoisotopic (exact) mass is 513 g/mol. The molecular weight excluding hydrogens is 481 g/mol. The molecule has 1 saturated heterocycles. The van der Waals surface area contributed by atoms with Crippen molar-refractivity contribution in [3.63, 3.8) is 0 Å². The lowest BCUT2D eigenvalue weighted by Gasteiger charge is -2.41. The Morgan fingerprint density at radius 3 is 2.68 bits per heavy atom. The first-order valence-corrected chi connectivity index (χ1v) is 13.5. The van der Waals surface area contributed by atoms with Crippen molar-refractivity contribution in [2.24, 2.45) is 11.8 Å². The number of benzene rings is 2. The van der Waals surface area contributed by atoms with E-state index in [9.17, 15) is 14.0 Å². The molecule has 0 radical (unpaired) electrons. The highest BCUT2D eigenvalue weighted by Crippen LogP contribution is 2.51. The molecule has 1 saturated carbocycles. The Balaban J connectivity index is 1.21. The molecule has 0 spiro atoms. The fourth-order valence-corrected chi connectivity index (χ4v) is 6.48. The maximum absolute atomic E-state index is 14.1. The van der Waals surface area contributed by atoms with Crippen molar-refractivity contribution in [1.82, 2.24) is 20.2 Å². The molecule has 3 heterocycles. The summed E-state index contributed by atoms with van der Waals surface area (Å²) in [4.78, 5) is 36.8. The van der Waals surface area contributed by atoms with Gasteiger partial charge >= 0.3 is 0 Å². The highest BCUT2D eigenvalue weighted by Gasteiger charge is 2.49. The molecule has 5 unspecified atom stereocenters. The zero-order chi connectivity index (χ0) is 26.1. The molecule has 1 aromatic heterocycles. The Kier molecular flexibility index (Phi) is 6.70. The molecule has 3 aromatic rings. The van der Waals surface area contributed by atoms with Crippen LogP contribution in [0.15, 0.2) is 67.0 Å². The number of anilines is 1. The molecule has 6 rings (SSSR count). The minimum atomic E-state index is -0.314. The lowest BCUT2D eigenvalue weighted by atomic mass is 9.80. The van der Waals surface area contributed by atoms with Gasteiger partial charge in [0.15, 0.2) is 0 Å². The summed E-state index contributed by atoms with van der Waals surface area (Å²) in [5.41, 5.74) is 2.93. The summed E-state index contributed by atoms with van der Waals surface area (Å²) in [6.45, 7) is 0.684. The van der Waals surface area contributed by atoms with Gasteiger partial charge in [-0.15, -0.1) is 0 Å². The maximum Gasteiger partial charge on any atom is 0.244 e. The molecule has 0 bridgehead atoms. The Morgan fingerprint density at radius 2 is 1.87 bits per heavy atom. The fraction of sp³-hybridized carbons (Fsp3) is 0.367. The first kappa shape index (κ1) is 24.4. The minimum absolute atomic E-state index is 0.00107. The standard InChI is InChI=1S/C30H32FN5O2/c31-20-12-9-19(10-13-20)11-14-26(37)34-25-8-4-2-6-22(25)30(38)36-18-15-23-27(29-32-16-17-33-29)35-24-7-3-1-5-21(24)28(23)36/h1,3,5,7,9-14,16-17,22-23,25,27-28,35H,2,4,6,8,15,18H2,(H,32,33)(H,34,37)/b14-11+. The van der Waals surface area contributed by atoms with Crippen molar-refractivity contribution in [2.75, 3.05) is 11.9 Å². The predicted octanol–water partition coefficient (Wildman–Crippen LogP) is 4.99. The number of imidazole rings is 1. The highest BCUT2D eigenvalue weighted by atomic mass is 19.1. The molecule has 1 aliphatic carbocycles. The summed E-state index contributed by atoms with van der Waals surface area (Å²) in [6, 6.07) is 14.0. The van der Waals surface area contributed by atoms with Gasteiger partial charge in [-0.3, -0.25) is 9.59 Å². The van der Waals surface area contributed by atoms with Crippen molar-refractivity contribution in [2.45, 2.75) is 50.2 Å². The normalized spacial score (nSPS) is 26.4. The predicted molar refractivity (Wildman–Crippen MR) is 143 cm³/mol. The second-order valence-electron chi connectivity index (χ2n) is 10.5. The van der Waals surface area contributed by atoms with E-state index in [2.05, 4.69) is 37.6 Å². The van der Waals surface area contributed by atoms with Gasteiger partial charge in [0, 0.05) is 42.7 Å². The summed E-state index contributed by atoms with van der Waals surface area (Å²) < 4.78 is 13.2. The number of amides is 2. The number of para-hydroxylation sites is 1.